The number of oxime groups is 1. The number of ether oxygens (including phenoxy) is 1. The van der Waals surface area contributed by atoms with E-state index in [1.54, 1.807) is 13.0 Å². The van der Waals surface area contributed by atoms with E-state index in [9.17, 15) is 10.1 Å². The van der Waals surface area contributed by atoms with Crippen LogP contribution in [0.2, 0.25) is 0 Å². The largest absolute Gasteiger partial charge is 0.478 e. The summed E-state index contributed by atoms with van der Waals surface area (Å²) in [5.74, 6) is -0.0635. The van der Waals surface area contributed by atoms with Gasteiger partial charge in [0.05, 0.1) is 4.92 Å². The Hall–Kier alpha value is -1.83. The molecular formula is C9H10BrN3O4. The van der Waals surface area contributed by atoms with Crippen LogP contribution in [0.5, 0.6) is 5.75 Å². The number of hydrogen-bond donors (Lipinski definition) is 2. The molecule has 92 valence electrons. The van der Waals surface area contributed by atoms with Crippen molar-refractivity contribution < 1.29 is 14.9 Å². The second-order valence-corrected chi connectivity index (χ2v) is 4.12. The zero-order valence-corrected chi connectivity index (χ0v) is 10.5. The van der Waals surface area contributed by atoms with Crippen LogP contribution in [0.4, 0.5) is 5.69 Å². The van der Waals surface area contributed by atoms with Crippen LogP contribution in [0.1, 0.15) is 5.56 Å². The molecule has 0 aliphatic carbocycles. The van der Waals surface area contributed by atoms with Gasteiger partial charge in [-0.25, -0.2) is 0 Å². The molecule has 0 heterocycles. The molecule has 0 saturated heterocycles. The Balaban J connectivity index is 3.08. The van der Waals surface area contributed by atoms with Crippen LogP contribution in [0, 0.1) is 17.0 Å². The maximum atomic E-state index is 10.8. The van der Waals surface area contributed by atoms with Crippen LogP contribution in [0.15, 0.2) is 21.8 Å². The Morgan fingerprint density at radius 1 is 1.71 bits per heavy atom. The quantitative estimate of drug-likeness (QED) is 0.289. The number of halogens is 1. The smallest absolute Gasteiger partial charge is 0.312 e. The normalized spacial score (nSPS) is 11.3. The highest BCUT2D eigenvalue weighted by atomic mass is 79.9. The number of hydrogen-bond acceptors (Lipinski definition) is 5. The summed E-state index contributed by atoms with van der Waals surface area (Å²) in [7, 11) is 0. The lowest BCUT2D eigenvalue weighted by atomic mass is 10.2. The maximum Gasteiger partial charge on any atom is 0.312 e. The molecule has 0 saturated carbocycles. The monoisotopic (exact) mass is 303 g/mol. The van der Waals surface area contributed by atoms with E-state index in [1.807, 2.05) is 0 Å². The number of benzene rings is 1. The molecule has 0 bridgehead atoms. The number of aryl methyl sites for hydroxylation is 1. The first kappa shape index (κ1) is 13.2. The Bertz CT molecular complexity index is 476. The fourth-order valence-corrected chi connectivity index (χ4v) is 1.77. The van der Waals surface area contributed by atoms with E-state index in [-0.39, 0.29) is 23.9 Å². The highest BCUT2D eigenvalue weighted by Crippen LogP contribution is 2.33. The molecule has 0 atom stereocenters. The van der Waals surface area contributed by atoms with Crippen molar-refractivity contribution in [2.75, 3.05) is 6.61 Å². The van der Waals surface area contributed by atoms with Gasteiger partial charge in [-0.1, -0.05) is 21.1 Å². The first-order valence-electron chi connectivity index (χ1n) is 4.49. The lowest BCUT2D eigenvalue weighted by Crippen LogP contribution is -2.21. The molecule has 8 heteroatoms. The molecule has 0 amide bonds. The lowest BCUT2D eigenvalue weighted by Gasteiger charge is -2.09. The minimum absolute atomic E-state index is 0.102. The van der Waals surface area contributed by atoms with Crippen LogP contribution in [-0.4, -0.2) is 22.6 Å². The van der Waals surface area contributed by atoms with Crippen LogP contribution in [-0.2, 0) is 0 Å². The van der Waals surface area contributed by atoms with Crippen molar-refractivity contribution in [2.45, 2.75) is 6.92 Å². The zero-order chi connectivity index (χ0) is 13.0. The summed E-state index contributed by atoms with van der Waals surface area (Å²) in [5, 5.41) is 21.9. The van der Waals surface area contributed by atoms with Crippen molar-refractivity contribution in [2.24, 2.45) is 10.9 Å². The third kappa shape index (κ3) is 3.31. The summed E-state index contributed by atoms with van der Waals surface area (Å²) in [6.07, 6.45) is 0. The fraction of sp³-hybridized carbons (Fsp3) is 0.222. The number of nitrogens with zero attached hydrogens (tertiary/aromatic N) is 2. The van der Waals surface area contributed by atoms with Gasteiger partial charge in [0, 0.05) is 10.5 Å². The van der Waals surface area contributed by atoms with Crippen LogP contribution in [0.25, 0.3) is 0 Å². The second-order valence-electron chi connectivity index (χ2n) is 3.21. The van der Waals surface area contributed by atoms with E-state index in [4.69, 9.17) is 15.7 Å². The van der Waals surface area contributed by atoms with E-state index in [1.165, 1.54) is 6.07 Å². The fourth-order valence-electron chi connectivity index (χ4n) is 1.21. The van der Waals surface area contributed by atoms with Crippen molar-refractivity contribution in [3.8, 4) is 5.75 Å². The van der Waals surface area contributed by atoms with E-state index < -0.39 is 4.92 Å². The number of rotatable bonds is 4. The topological polar surface area (TPSA) is 111 Å². The highest BCUT2D eigenvalue weighted by molar-refractivity contribution is 9.10. The molecule has 1 aromatic carbocycles. The van der Waals surface area contributed by atoms with Crippen molar-refractivity contribution in [1.29, 1.82) is 0 Å². The average molecular weight is 304 g/mol. The molecule has 0 radical (unpaired) electrons. The van der Waals surface area contributed by atoms with Crippen LogP contribution < -0.4 is 10.5 Å². The summed E-state index contributed by atoms with van der Waals surface area (Å²) in [6, 6.07) is 3.00. The molecule has 17 heavy (non-hydrogen) atoms. The van der Waals surface area contributed by atoms with Gasteiger partial charge in [-0.05, 0) is 18.6 Å². The summed E-state index contributed by atoms with van der Waals surface area (Å²) in [4.78, 5) is 10.3. The molecule has 1 aromatic rings. The average Bonchev–Trinajstić information content (AvgIpc) is 2.26. The van der Waals surface area contributed by atoms with Gasteiger partial charge >= 0.3 is 5.69 Å². The molecule has 1 rings (SSSR count). The van der Waals surface area contributed by atoms with Gasteiger partial charge < -0.3 is 15.7 Å². The van der Waals surface area contributed by atoms with Gasteiger partial charge in [-0.2, -0.15) is 0 Å². The Kier molecular flexibility index (Phi) is 4.27. The summed E-state index contributed by atoms with van der Waals surface area (Å²) in [6.45, 7) is 1.44. The van der Waals surface area contributed by atoms with Crippen LogP contribution in [0.3, 0.4) is 0 Å². The third-order valence-electron chi connectivity index (χ3n) is 1.91. The van der Waals surface area contributed by atoms with E-state index in [2.05, 4.69) is 21.1 Å². The molecular weight excluding hydrogens is 294 g/mol. The number of amidine groups is 1. The summed E-state index contributed by atoms with van der Waals surface area (Å²) >= 11 is 3.16. The molecule has 0 spiro atoms. The van der Waals surface area contributed by atoms with Crippen molar-refractivity contribution in [3.05, 3.63) is 32.3 Å². The zero-order valence-electron chi connectivity index (χ0n) is 8.88. The standard InChI is InChI=1S/C9H10BrN3O4/c1-5-2-6(10)3-7(13(15)16)9(5)17-4-8(11)12-14/h2-3,14H,4H2,1H3,(H2,11,12). The number of nitro benzene ring substituents is 1. The molecule has 0 fully saturated rings. The predicted molar refractivity (Wildman–Crippen MR) is 64.4 cm³/mol. The van der Waals surface area contributed by atoms with Gasteiger partial charge in [0.25, 0.3) is 0 Å². The number of nitrogens with two attached hydrogens (primary N) is 1. The number of nitro groups is 1. The predicted octanol–water partition coefficient (Wildman–Crippen LogP) is 1.79. The SMILES string of the molecule is Cc1cc(Br)cc([N+](=O)[O-])c1OCC(N)=NO. The minimum Gasteiger partial charge on any atom is -0.478 e. The Morgan fingerprint density at radius 2 is 2.35 bits per heavy atom. The molecule has 0 aliphatic rings. The Morgan fingerprint density at radius 3 is 2.88 bits per heavy atom. The van der Waals surface area contributed by atoms with Crippen molar-refractivity contribution >= 4 is 27.5 Å². The van der Waals surface area contributed by atoms with Gasteiger partial charge in [-0.3, -0.25) is 10.1 Å². The van der Waals surface area contributed by atoms with Gasteiger partial charge in [-0.15, -0.1) is 0 Å². The summed E-state index contributed by atoms with van der Waals surface area (Å²) in [5.41, 5.74) is 5.63. The second kappa shape index (κ2) is 5.48. The molecule has 0 aromatic heterocycles. The molecule has 0 aliphatic heterocycles. The Labute approximate surface area is 105 Å². The van der Waals surface area contributed by atoms with Crippen LogP contribution >= 0.6 is 15.9 Å². The first-order valence-corrected chi connectivity index (χ1v) is 5.28. The summed E-state index contributed by atoms with van der Waals surface area (Å²) < 4.78 is 5.74. The van der Waals surface area contributed by atoms with Crippen molar-refractivity contribution in [1.82, 2.24) is 0 Å². The van der Waals surface area contributed by atoms with E-state index in [0.717, 1.165) is 0 Å². The lowest BCUT2D eigenvalue weighted by molar-refractivity contribution is -0.385. The van der Waals surface area contributed by atoms with Gasteiger partial charge in [0.2, 0.25) is 5.75 Å². The molecule has 3 N–H and O–H groups in total. The maximum absolute atomic E-state index is 10.8. The molecule has 0 unspecified atom stereocenters. The first-order chi connectivity index (χ1) is 7.95. The van der Waals surface area contributed by atoms with Gasteiger partial charge in [0.15, 0.2) is 5.84 Å². The van der Waals surface area contributed by atoms with E-state index in [0.29, 0.717) is 10.0 Å². The van der Waals surface area contributed by atoms with Crippen molar-refractivity contribution in [3.63, 3.8) is 0 Å². The third-order valence-corrected chi connectivity index (χ3v) is 2.37. The highest BCUT2D eigenvalue weighted by Gasteiger charge is 2.19. The van der Waals surface area contributed by atoms with Gasteiger partial charge in [0.1, 0.15) is 6.61 Å². The molecule has 7 nitrogen and oxygen atoms in total. The van der Waals surface area contributed by atoms with E-state index >= 15 is 0 Å². The minimum atomic E-state index is -0.556.